The normalized spacial score (nSPS) is 13.7. The number of likely N-dealkylation sites (N-methyl/N-ethyl adjacent to an activating group) is 1. The van der Waals surface area contributed by atoms with Gasteiger partial charge in [0.2, 0.25) is 0 Å². The van der Waals surface area contributed by atoms with E-state index in [1.807, 2.05) is 6.92 Å². The summed E-state index contributed by atoms with van der Waals surface area (Å²) in [6, 6.07) is 0. The van der Waals surface area contributed by atoms with Gasteiger partial charge >= 0.3 is 35.5 Å². The first-order valence-electron chi connectivity index (χ1n) is 8.53. The molecule has 0 aromatic heterocycles. The summed E-state index contributed by atoms with van der Waals surface area (Å²) in [7, 11) is 0. The van der Waals surface area contributed by atoms with Gasteiger partial charge in [0.1, 0.15) is 0 Å². The number of carboxylic acid groups (broad SMARTS) is 1. The molecule has 0 aromatic rings. The van der Waals surface area contributed by atoms with E-state index in [1.165, 1.54) is 50.0 Å². The first-order chi connectivity index (χ1) is 9.99. The SMILES string of the molecule is CCCCCCCCCCCCC(N)(C(=O)O)N(N)CC.[H-].[Na+]. The Bertz CT molecular complexity index is 286. The molecule has 0 aromatic carbocycles. The third-order valence-electron chi connectivity index (χ3n) is 4.14. The van der Waals surface area contributed by atoms with Crippen LogP contribution in [0, 0.1) is 0 Å². The molecule has 0 aliphatic rings. The topological polar surface area (TPSA) is 92.6 Å². The summed E-state index contributed by atoms with van der Waals surface area (Å²) in [6.07, 6.45) is 12.6. The summed E-state index contributed by atoms with van der Waals surface area (Å²) >= 11 is 0. The summed E-state index contributed by atoms with van der Waals surface area (Å²) in [5.74, 6) is 4.66. The zero-order valence-electron chi connectivity index (χ0n) is 15.9. The van der Waals surface area contributed by atoms with E-state index >= 15 is 0 Å². The van der Waals surface area contributed by atoms with Crippen LogP contribution in [0.4, 0.5) is 0 Å². The Morgan fingerprint density at radius 3 is 1.77 bits per heavy atom. The van der Waals surface area contributed by atoms with Crippen LogP contribution in [0.3, 0.4) is 0 Å². The molecular weight excluding hydrogens is 289 g/mol. The third-order valence-corrected chi connectivity index (χ3v) is 4.14. The number of aliphatic carboxylic acids is 1. The molecule has 0 saturated carbocycles. The van der Waals surface area contributed by atoms with Crippen LogP contribution in [0.15, 0.2) is 0 Å². The average Bonchev–Trinajstić information content (AvgIpc) is 2.47. The van der Waals surface area contributed by atoms with Crippen LogP contribution in [0.5, 0.6) is 0 Å². The van der Waals surface area contributed by atoms with Crippen molar-refractivity contribution >= 4 is 5.97 Å². The summed E-state index contributed by atoms with van der Waals surface area (Å²) in [5.41, 5.74) is 4.48. The number of hydrogen-bond acceptors (Lipinski definition) is 4. The third kappa shape index (κ3) is 10.2. The molecule has 0 aliphatic heterocycles. The standard InChI is InChI=1S/C16H35N3O2.Na.H/c1-3-5-6-7-8-9-10-11-12-13-14-16(17,15(20)21)19(18)4-2;;/h3-14,17-18H2,1-2H3,(H,20,21);;/q;+1;-1. The molecule has 0 aliphatic carbocycles. The minimum atomic E-state index is -1.42. The smallest absolute Gasteiger partial charge is 1.00 e. The second kappa shape index (κ2) is 14.9. The molecule has 0 saturated heterocycles. The van der Waals surface area contributed by atoms with E-state index in [0.29, 0.717) is 13.0 Å². The first-order valence-corrected chi connectivity index (χ1v) is 8.53. The quantitative estimate of drug-likeness (QED) is 0.141. The fourth-order valence-corrected chi connectivity index (χ4v) is 2.54. The number of hydrogen-bond donors (Lipinski definition) is 3. The average molecular weight is 325 g/mol. The van der Waals surface area contributed by atoms with Crippen LogP contribution in [0.1, 0.15) is 85.9 Å². The van der Waals surface area contributed by atoms with Crippen molar-refractivity contribution in [3.05, 3.63) is 0 Å². The number of unbranched alkanes of at least 4 members (excludes halogenated alkanes) is 9. The molecule has 0 heterocycles. The van der Waals surface area contributed by atoms with Gasteiger partial charge in [-0.3, -0.25) is 5.84 Å². The summed E-state index contributed by atoms with van der Waals surface area (Å²) in [5, 5.41) is 10.5. The Labute approximate surface area is 159 Å². The van der Waals surface area contributed by atoms with Gasteiger partial charge in [0, 0.05) is 6.54 Å². The Morgan fingerprint density at radius 1 is 1.00 bits per heavy atom. The molecule has 1 unspecified atom stereocenters. The van der Waals surface area contributed by atoms with E-state index < -0.39 is 11.6 Å². The Balaban J connectivity index is -0.00000200. The number of nitrogens with two attached hydrogens (primary N) is 2. The fraction of sp³-hybridized carbons (Fsp3) is 0.938. The van der Waals surface area contributed by atoms with Crippen LogP contribution >= 0.6 is 0 Å². The predicted octanol–water partition coefficient (Wildman–Crippen LogP) is 0.349. The molecular formula is C16H36N3NaO2. The van der Waals surface area contributed by atoms with Gasteiger partial charge in [-0.15, -0.1) is 0 Å². The van der Waals surface area contributed by atoms with E-state index in [0.717, 1.165) is 19.3 Å². The van der Waals surface area contributed by atoms with Crippen molar-refractivity contribution in [3.8, 4) is 0 Å². The number of rotatable bonds is 14. The monoisotopic (exact) mass is 325 g/mol. The zero-order valence-corrected chi connectivity index (χ0v) is 16.9. The molecule has 6 heteroatoms. The number of carboxylic acids is 1. The number of hydrazine groups is 1. The summed E-state index contributed by atoms with van der Waals surface area (Å²) in [4.78, 5) is 11.3. The van der Waals surface area contributed by atoms with Crippen molar-refractivity contribution in [3.63, 3.8) is 0 Å². The van der Waals surface area contributed by atoms with Crippen molar-refractivity contribution in [1.29, 1.82) is 0 Å². The van der Waals surface area contributed by atoms with Crippen molar-refractivity contribution in [1.82, 2.24) is 5.01 Å². The van der Waals surface area contributed by atoms with Crippen molar-refractivity contribution in [2.24, 2.45) is 11.6 Å². The van der Waals surface area contributed by atoms with Crippen LogP contribution < -0.4 is 41.1 Å². The Kier molecular flexibility index (Phi) is 16.7. The van der Waals surface area contributed by atoms with Gasteiger partial charge < -0.3 is 12.3 Å². The first kappa shape index (κ1) is 24.6. The summed E-state index contributed by atoms with van der Waals surface area (Å²) < 4.78 is 0. The Morgan fingerprint density at radius 2 is 1.41 bits per heavy atom. The minimum Gasteiger partial charge on any atom is -1.00 e. The second-order valence-electron chi connectivity index (χ2n) is 5.95. The van der Waals surface area contributed by atoms with E-state index in [1.54, 1.807) is 0 Å². The molecule has 5 nitrogen and oxygen atoms in total. The molecule has 0 spiro atoms. The van der Waals surface area contributed by atoms with E-state index in [4.69, 9.17) is 11.6 Å². The van der Waals surface area contributed by atoms with Crippen LogP contribution in [-0.2, 0) is 4.79 Å². The van der Waals surface area contributed by atoms with Crippen LogP contribution in [0.25, 0.3) is 0 Å². The fourth-order valence-electron chi connectivity index (χ4n) is 2.54. The molecule has 0 bridgehead atoms. The van der Waals surface area contributed by atoms with Gasteiger partial charge in [-0.25, -0.2) is 9.80 Å². The van der Waals surface area contributed by atoms with Gasteiger partial charge in [0.05, 0.1) is 0 Å². The zero-order chi connectivity index (χ0) is 16.1. The summed E-state index contributed by atoms with van der Waals surface area (Å²) in [6.45, 7) is 4.47. The van der Waals surface area contributed by atoms with Gasteiger partial charge in [0.25, 0.3) is 0 Å². The van der Waals surface area contributed by atoms with Crippen molar-refractivity contribution < 1.29 is 40.9 Å². The molecule has 22 heavy (non-hydrogen) atoms. The maximum atomic E-state index is 11.3. The van der Waals surface area contributed by atoms with E-state index in [9.17, 15) is 9.90 Å². The maximum Gasteiger partial charge on any atom is 1.00 e. The number of carbonyl (C=O) groups is 1. The maximum absolute atomic E-state index is 11.3. The molecule has 0 rings (SSSR count). The van der Waals surface area contributed by atoms with E-state index in [-0.39, 0.29) is 31.0 Å². The van der Waals surface area contributed by atoms with Crippen LogP contribution in [-0.4, -0.2) is 28.3 Å². The predicted molar refractivity (Wildman–Crippen MR) is 88.7 cm³/mol. The molecule has 5 N–H and O–H groups in total. The molecule has 0 fully saturated rings. The number of nitrogens with zero attached hydrogens (tertiary/aromatic N) is 1. The van der Waals surface area contributed by atoms with Gasteiger partial charge in [-0.1, -0.05) is 71.6 Å². The second-order valence-corrected chi connectivity index (χ2v) is 5.95. The minimum absolute atomic E-state index is 0. The molecule has 0 radical (unpaired) electrons. The molecule has 1 atom stereocenters. The van der Waals surface area contributed by atoms with Gasteiger partial charge in [-0.2, -0.15) is 0 Å². The largest absolute Gasteiger partial charge is 1.00 e. The van der Waals surface area contributed by atoms with Crippen LogP contribution in [0.2, 0.25) is 0 Å². The molecule has 128 valence electrons. The van der Waals surface area contributed by atoms with E-state index in [2.05, 4.69) is 6.92 Å². The van der Waals surface area contributed by atoms with Crippen molar-refractivity contribution in [2.45, 2.75) is 90.1 Å². The Hall–Kier alpha value is 0.350. The van der Waals surface area contributed by atoms with Crippen molar-refractivity contribution in [2.75, 3.05) is 6.54 Å². The van der Waals surface area contributed by atoms with Gasteiger partial charge in [0.15, 0.2) is 5.66 Å². The van der Waals surface area contributed by atoms with Gasteiger partial charge in [-0.05, 0) is 12.8 Å². The molecule has 0 amide bonds.